The first-order valence-corrected chi connectivity index (χ1v) is 9.89. The van der Waals surface area contributed by atoms with Crippen LogP contribution in [-0.2, 0) is 14.3 Å². The molecule has 4 nitrogen and oxygen atoms in total. The number of hydrogen-bond donors (Lipinski definition) is 0. The number of carbonyl (C=O) groups excluding carboxylic acids is 1. The smallest absolute Gasteiger partial charge is 0.223 e. The maximum atomic E-state index is 12.4. The molecule has 2 aliphatic rings. The first-order chi connectivity index (χ1) is 11.2. The van der Waals surface area contributed by atoms with Crippen molar-refractivity contribution in [3.63, 3.8) is 0 Å². The van der Waals surface area contributed by atoms with Gasteiger partial charge in [0, 0.05) is 40.5 Å². The minimum atomic E-state index is -0.109. The molecule has 23 heavy (non-hydrogen) atoms. The van der Waals surface area contributed by atoms with Crippen molar-refractivity contribution >= 4 is 33.6 Å². The lowest BCUT2D eigenvalue weighted by Crippen LogP contribution is -2.43. The summed E-state index contributed by atoms with van der Waals surface area (Å²) in [5.41, 5.74) is 0. The molecule has 6 heteroatoms. The SMILES string of the molecule is O=C(CCSc1ccc(Br)cc1)N1CCCC(C2OCCO2)C1. The molecule has 1 aromatic carbocycles. The molecule has 0 N–H and O–H groups in total. The van der Waals surface area contributed by atoms with Gasteiger partial charge in [0.2, 0.25) is 5.91 Å². The molecule has 2 aliphatic heterocycles. The summed E-state index contributed by atoms with van der Waals surface area (Å²) in [7, 11) is 0. The van der Waals surface area contributed by atoms with Crippen LogP contribution in [0.15, 0.2) is 33.6 Å². The number of carbonyl (C=O) groups is 1. The zero-order valence-electron chi connectivity index (χ0n) is 13.1. The number of benzene rings is 1. The number of piperidine rings is 1. The number of hydrogen-bond acceptors (Lipinski definition) is 4. The maximum Gasteiger partial charge on any atom is 0.223 e. The van der Waals surface area contributed by atoms with Gasteiger partial charge in [-0.25, -0.2) is 0 Å². The van der Waals surface area contributed by atoms with E-state index in [2.05, 4.69) is 28.1 Å². The third kappa shape index (κ3) is 4.95. The fraction of sp³-hybridized carbons (Fsp3) is 0.588. The molecule has 2 fully saturated rings. The Bertz CT molecular complexity index is 519. The predicted octanol–water partition coefficient (Wildman–Crippen LogP) is 3.54. The summed E-state index contributed by atoms with van der Waals surface area (Å²) >= 11 is 5.16. The van der Waals surface area contributed by atoms with E-state index in [0.29, 0.717) is 25.6 Å². The minimum absolute atomic E-state index is 0.109. The lowest BCUT2D eigenvalue weighted by Gasteiger charge is -2.34. The van der Waals surface area contributed by atoms with Crippen molar-refractivity contribution in [2.45, 2.75) is 30.4 Å². The summed E-state index contributed by atoms with van der Waals surface area (Å²) < 4.78 is 12.3. The molecule has 1 amide bonds. The summed E-state index contributed by atoms with van der Waals surface area (Å²) in [6.45, 7) is 3.00. The van der Waals surface area contributed by atoms with Gasteiger partial charge in [-0.2, -0.15) is 0 Å². The fourth-order valence-electron chi connectivity index (χ4n) is 3.05. The van der Waals surface area contributed by atoms with Crippen LogP contribution in [0.3, 0.4) is 0 Å². The number of halogens is 1. The molecule has 1 aromatic rings. The lowest BCUT2D eigenvalue weighted by molar-refractivity contribution is -0.138. The van der Waals surface area contributed by atoms with Gasteiger partial charge in [0.15, 0.2) is 6.29 Å². The Hall–Kier alpha value is -0.560. The third-order valence-corrected chi connectivity index (χ3v) is 5.78. The van der Waals surface area contributed by atoms with Crippen LogP contribution in [0.2, 0.25) is 0 Å². The van der Waals surface area contributed by atoms with Crippen molar-refractivity contribution in [2.24, 2.45) is 5.92 Å². The van der Waals surface area contributed by atoms with E-state index in [-0.39, 0.29) is 12.2 Å². The number of thioether (sulfide) groups is 1. The highest BCUT2D eigenvalue weighted by atomic mass is 79.9. The van der Waals surface area contributed by atoms with Crippen LogP contribution in [0.1, 0.15) is 19.3 Å². The van der Waals surface area contributed by atoms with Crippen molar-refractivity contribution in [3.05, 3.63) is 28.7 Å². The molecule has 3 rings (SSSR count). The van der Waals surface area contributed by atoms with E-state index in [9.17, 15) is 4.79 Å². The van der Waals surface area contributed by atoms with Crippen LogP contribution in [0.4, 0.5) is 0 Å². The van der Waals surface area contributed by atoms with E-state index in [1.54, 1.807) is 11.8 Å². The van der Waals surface area contributed by atoms with E-state index in [1.165, 1.54) is 4.90 Å². The van der Waals surface area contributed by atoms with Gasteiger partial charge in [0.25, 0.3) is 0 Å². The molecule has 2 heterocycles. The number of ether oxygens (including phenoxy) is 2. The zero-order chi connectivity index (χ0) is 16.1. The summed E-state index contributed by atoms with van der Waals surface area (Å²) in [6, 6.07) is 8.21. The molecular formula is C17H22BrNO3S. The van der Waals surface area contributed by atoms with Crippen LogP contribution >= 0.6 is 27.7 Å². The number of likely N-dealkylation sites (tertiary alicyclic amines) is 1. The topological polar surface area (TPSA) is 38.8 Å². The van der Waals surface area contributed by atoms with E-state index in [0.717, 1.165) is 36.2 Å². The fourth-order valence-corrected chi connectivity index (χ4v) is 4.16. The Kier molecular flexibility index (Phi) is 6.39. The second-order valence-corrected chi connectivity index (χ2v) is 7.99. The molecule has 126 valence electrons. The van der Waals surface area contributed by atoms with Crippen molar-refractivity contribution in [1.82, 2.24) is 4.90 Å². The highest BCUT2D eigenvalue weighted by Crippen LogP contribution is 2.26. The second-order valence-electron chi connectivity index (χ2n) is 5.90. The molecule has 0 bridgehead atoms. The van der Waals surface area contributed by atoms with Crippen LogP contribution < -0.4 is 0 Å². The van der Waals surface area contributed by atoms with Gasteiger partial charge >= 0.3 is 0 Å². The van der Waals surface area contributed by atoms with Gasteiger partial charge < -0.3 is 14.4 Å². The monoisotopic (exact) mass is 399 g/mol. The van der Waals surface area contributed by atoms with Gasteiger partial charge in [0.1, 0.15) is 0 Å². The van der Waals surface area contributed by atoms with Crippen LogP contribution in [0, 0.1) is 5.92 Å². The number of nitrogens with zero attached hydrogens (tertiary/aromatic N) is 1. The van der Waals surface area contributed by atoms with Gasteiger partial charge in [-0.1, -0.05) is 15.9 Å². The molecule has 0 radical (unpaired) electrons. The summed E-state index contributed by atoms with van der Waals surface area (Å²) in [4.78, 5) is 15.6. The summed E-state index contributed by atoms with van der Waals surface area (Å²) in [5, 5.41) is 0. The van der Waals surface area contributed by atoms with Crippen LogP contribution in [0.25, 0.3) is 0 Å². The Morgan fingerprint density at radius 3 is 2.74 bits per heavy atom. The van der Waals surface area contributed by atoms with Crippen molar-refractivity contribution in [1.29, 1.82) is 0 Å². The molecule has 2 saturated heterocycles. The number of rotatable bonds is 5. The Morgan fingerprint density at radius 1 is 1.26 bits per heavy atom. The standard InChI is InChI=1S/C17H22BrNO3S/c18-14-3-5-15(6-4-14)23-11-7-16(20)19-8-1-2-13(12-19)17-21-9-10-22-17/h3-6,13,17H,1-2,7-12H2. The first kappa shape index (κ1) is 17.3. The maximum absolute atomic E-state index is 12.4. The number of amides is 1. The van der Waals surface area contributed by atoms with E-state index in [4.69, 9.17) is 9.47 Å². The van der Waals surface area contributed by atoms with Crippen molar-refractivity contribution in [3.8, 4) is 0 Å². The largest absolute Gasteiger partial charge is 0.350 e. The van der Waals surface area contributed by atoms with E-state index in [1.807, 2.05) is 17.0 Å². The molecule has 0 spiro atoms. The molecule has 0 aliphatic carbocycles. The average molecular weight is 400 g/mol. The van der Waals surface area contributed by atoms with Gasteiger partial charge in [-0.15, -0.1) is 11.8 Å². The molecular weight excluding hydrogens is 378 g/mol. The molecule has 0 aromatic heterocycles. The lowest BCUT2D eigenvalue weighted by atomic mass is 9.97. The normalized spacial score (nSPS) is 22.5. The Labute approximate surface area is 150 Å². The summed E-state index contributed by atoms with van der Waals surface area (Å²) in [6.07, 6.45) is 2.60. The second kappa shape index (κ2) is 8.51. The van der Waals surface area contributed by atoms with Crippen LogP contribution in [-0.4, -0.2) is 49.2 Å². The van der Waals surface area contributed by atoms with Crippen molar-refractivity contribution < 1.29 is 14.3 Å². The average Bonchev–Trinajstić information content (AvgIpc) is 3.11. The minimum Gasteiger partial charge on any atom is -0.350 e. The highest BCUT2D eigenvalue weighted by molar-refractivity contribution is 9.10. The molecule has 0 saturated carbocycles. The summed E-state index contributed by atoms with van der Waals surface area (Å²) in [5.74, 6) is 1.39. The Balaban J connectivity index is 1.43. The van der Waals surface area contributed by atoms with Gasteiger partial charge in [0.05, 0.1) is 13.2 Å². The first-order valence-electron chi connectivity index (χ1n) is 8.12. The predicted molar refractivity (Wildman–Crippen MR) is 94.5 cm³/mol. The quantitative estimate of drug-likeness (QED) is 0.709. The van der Waals surface area contributed by atoms with Crippen molar-refractivity contribution in [2.75, 3.05) is 32.1 Å². The van der Waals surface area contributed by atoms with Crippen LogP contribution in [0.5, 0.6) is 0 Å². The van der Waals surface area contributed by atoms with Gasteiger partial charge in [-0.3, -0.25) is 4.79 Å². The van der Waals surface area contributed by atoms with Gasteiger partial charge in [-0.05, 0) is 37.1 Å². The molecule has 1 unspecified atom stereocenters. The zero-order valence-corrected chi connectivity index (χ0v) is 15.5. The molecule has 1 atom stereocenters. The van der Waals surface area contributed by atoms with E-state index < -0.39 is 0 Å². The third-order valence-electron chi connectivity index (χ3n) is 4.24. The Morgan fingerprint density at radius 2 is 2.00 bits per heavy atom. The highest BCUT2D eigenvalue weighted by Gasteiger charge is 2.32. The van der Waals surface area contributed by atoms with E-state index >= 15 is 0 Å².